The van der Waals surface area contributed by atoms with Gasteiger partial charge in [0.05, 0.1) is 0 Å². The van der Waals surface area contributed by atoms with E-state index in [1.807, 2.05) is 35.2 Å². The SMILES string of the molecule is O=C(NC1CCCN(C(=O)c2ccccc2)C1)NC12CC3CC(CC(C3)C1)C2. The van der Waals surface area contributed by atoms with Gasteiger partial charge in [0.1, 0.15) is 0 Å². The molecule has 1 aromatic carbocycles. The molecule has 5 heteroatoms. The highest BCUT2D eigenvalue weighted by Gasteiger charge is 2.51. The lowest BCUT2D eigenvalue weighted by molar-refractivity contribution is -0.0138. The lowest BCUT2D eigenvalue weighted by Gasteiger charge is -2.56. The Kier molecular flexibility index (Phi) is 4.56. The normalized spacial score (nSPS) is 36.2. The molecule has 5 aliphatic rings. The number of urea groups is 1. The molecule has 1 atom stereocenters. The van der Waals surface area contributed by atoms with Crippen LogP contribution >= 0.6 is 0 Å². The molecule has 5 fully saturated rings. The fourth-order valence-corrected chi connectivity index (χ4v) is 6.77. The molecule has 1 aromatic rings. The Hall–Kier alpha value is -2.04. The summed E-state index contributed by atoms with van der Waals surface area (Å²) in [7, 11) is 0. The molecule has 0 spiro atoms. The Bertz CT molecular complexity index is 712. The van der Waals surface area contributed by atoms with E-state index in [1.54, 1.807) is 0 Å². The molecule has 1 saturated heterocycles. The first-order chi connectivity index (χ1) is 13.6. The minimum absolute atomic E-state index is 0.0269. The zero-order valence-corrected chi connectivity index (χ0v) is 16.5. The second-order valence-corrected chi connectivity index (χ2v) is 9.75. The van der Waals surface area contributed by atoms with E-state index in [0.717, 1.165) is 62.0 Å². The van der Waals surface area contributed by atoms with Crippen molar-refractivity contribution in [1.29, 1.82) is 0 Å². The number of amides is 3. The number of benzene rings is 1. The van der Waals surface area contributed by atoms with E-state index in [2.05, 4.69) is 10.6 Å². The van der Waals surface area contributed by atoms with Gasteiger partial charge in [0.25, 0.3) is 5.91 Å². The van der Waals surface area contributed by atoms with Gasteiger partial charge < -0.3 is 15.5 Å². The van der Waals surface area contributed by atoms with Crippen LogP contribution < -0.4 is 10.6 Å². The molecule has 3 amide bonds. The first-order valence-electron chi connectivity index (χ1n) is 11.0. The Labute approximate surface area is 167 Å². The van der Waals surface area contributed by atoms with Gasteiger partial charge in [-0.05, 0) is 81.3 Å². The Morgan fingerprint density at radius 2 is 1.61 bits per heavy atom. The van der Waals surface area contributed by atoms with Crippen molar-refractivity contribution >= 4 is 11.9 Å². The molecule has 4 saturated carbocycles. The number of hydrogen-bond acceptors (Lipinski definition) is 2. The second-order valence-electron chi connectivity index (χ2n) is 9.75. The van der Waals surface area contributed by atoms with Crippen LogP contribution in [0.2, 0.25) is 0 Å². The smallest absolute Gasteiger partial charge is 0.315 e. The molecule has 5 nitrogen and oxygen atoms in total. The van der Waals surface area contributed by atoms with Crippen LogP contribution in [-0.4, -0.2) is 41.5 Å². The number of likely N-dealkylation sites (tertiary alicyclic amines) is 1. The van der Waals surface area contributed by atoms with E-state index in [1.165, 1.54) is 19.3 Å². The zero-order valence-electron chi connectivity index (χ0n) is 16.5. The van der Waals surface area contributed by atoms with E-state index in [-0.39, 0.29) is 23.5 Å². The molecule has 1 heterocycles. The van der Waals surface area contributed by atoms with Gasteiger partial charge in [-0.15, -0.1) is 0 Å². The van der Waals surface area contributed by atoms with Crippen molar-refractivity contribution in [3.63, 3.8) is 0 Å². The standard InChI is InChI=1S/C23H31N3O2/c27-21(19-5-2-1-3-6-19)26-8-4-7-20(15-26)24-22(28)25-23-12-16-9-17(13-23)11-18(10-16)14-23/h1-3,5-6,16-18,20H,4,7-15H2,(H2,24,25,28). The Balaban J connectivity index is 1.18. The molecule has 0 aromatic heterocycles. The van der Waals surface area contributed by atoms with Crippen molar-refractivity contribution < 1.29 is 9.59 Å². The maximum Gasteiger partial charge on any atom is 0.315 e. The Morgan fingerprint density at radius 3 is 2.25 bits per heavy atom. The number of carbonyl (C=O) groups is 2. The minimum Gasteiger partial charge on any atom is -0.337 e. The highest BCUT2D eigenvalue weighted by Crippen LogP contribution is 2.55. The van der Waals surface area contributed by atoms with Gasteiger partial charge in [-0.2, -0.15) is 0 Å². The number of piperidine rings is 1. The van der Waals surface area contributed by atoms with Crippen molar-refractivity contribution in [2.75, 3.05) is 13.1 Å². The average molecular weight is 382 g/mol. The molecular weight excluding hydrogens is 350 g/mol. The number of nitrogens with zero attached hydrogens (tertiary/aromatic N) is 1. The largest absolute Gasteiger partial charge is 0.337 e. The summed E-state index contributed by atoms with van der Waals surface area (Å²) < 4.78 is 0. The molecule has 2 N–H and O–H groups in total. The van der Waals surface area contributed by atoms with Gasteiger partial charge in [0.15, 0.2) is 0 Å². The lowest BCUT2D eigenvalue weighted by atomic mass is 9.53. The van der Waals surface area contributed by atoms with Crippen LogP contribution in [0.25, 0.3) is 0 Å². The summed E-state index contributed by atoms with van der Waals surface area (Å²) in [5.74, 6) is 2.52. The fourth-order valence-electron chi connectivity index (χ4n) is 6.77. The van der Waals surface area contributed by atoms with Crippen LogP contribution in [0.1, 0.15) is 61.7 Å². The third-order valence-corrected chi connectivity index (χ3v) is 7.48. The predicted octanol–water partition coefficient (Wildman–Crippen LogP) is 3.56. The van der Waals surface area contributed by atoms with Gasteiger partial charge in [0.2, 0.25) is 0 Å². The monoisotopic (exact) mass is 381 g/mol. The minimum atomic E-state index is -0.0269. The highest BCUT2D eigenvalue weighted by molar-refractivity contribution is 5.94. The molecule has 4 aliphatic carbocycles. The zero-order chi connectivity index (χ0) is 19.1. The van der Waals surface area contributed by atoms with Crippen LogP contribution in [0.3, 0.4) is 0 Å². The van der Waals surface area contributed by atoms with Crippen LogP contribution in [-0.2, 0) is 0 Å². The number of nitrogens with one attached hydrogen (secondary N) is 2. The summed E-state index contributed by atoms with van der Waals surface area (Å²) in [6.45, 7) is 1.37. The van der Waals surface area contributed by atoms with Crippen LogP contribution in [0, 0.1) is 17.8 Å². The summed E-state index contributed by atoms with van der Waals surface area (Å²) in [4.78, 5) is 27.4. The van der Waals surface area contributed by atoms with Crippen molar-refractivity contribution in [2.45, 2.75) is 62.9 Å². The van der Waals surface area contributed by atoms with Crippen LogP contribution in [0.15, 0.2) is 30.3 Å². The highest BCUT2D eigenvalue weighted by atomic mass is 16.2. The lowest BCUT2D eigenvalue weighted by Crippen LogP contribution is -2.63. The summed E-state index contributed by atoms with van der Waals surface area (Å²) in [6, 6.07) is 9.44. The van der Waals surface area contributed by atoms with Crippen molar-refractivity contribution in [3.05, 3.63) is 35.9 Å². The summed E-state index contributed by atoms with van der Waals surface area (Å²) in [5.41, 5.74) is 0.758. The Morgan fingerprint density at radius 1 is 0.964 bits per heavy atom. The van der Waals surface area contributed by atoms with Gasteiger partial charge in [-0.1, -0.05) is 18.2 Å². The third-order valence-electron chi connectivity index (χ3n) is 7.48. The van der Waals surface area contributed by atoms with Crippen LogP contribution in [0.5, 0.6) is 0 Å². The molecule has 0 radical (unpaired) electrons. The number of rotatable bonds is 3. The van der Waals surface area contributed by atoms with Gasteiger partial charge in [-0.25, -0.2) is 4.79 Å². The predicted molar refractivity (Wildman–Crippen MR) is 108 cm³/mol. The fraction of sp³-hybridized carbons (Fsp3) is 0.652. The third kappa shape index (κ3) is 3.51. The quantitative estimate of drug-likeness (QED) is 0.841. The van der Waals surface area contributed by atoms with E-state index >= 15 is 0 Å². The topological polar surface area (TPSA) is 61.4 Å². The first kappa shape index (κ1) is 18.0. The van der Waals surface area contributed by atoms with E-state index in [4.69, 9.17) is 0 Å². The second kappa shape index (κ2) is 7.09. The van der Waals surface area contributed by atoms with E-state index < -0.39 is 0 Å². The van der Waals surface area contributed by atoms with E-state index in [9.17, 15) is 9.59 Å². The van der Waals surface area contributed by atoms with Crippen molar-refractivity contribution in [3.8, 4) is 0 Å². The molecule has 1 unspecified atom stereocenters. The maximum absolute atomic E-state index is 12.8. The number of carbonyl (C=O) groups excluding carboxylic acids is 2. The molecular formula is C23H31N3O2. The van der Waals surface area contributed by atoms with Gasteiger partial charge in [-0.3, -0.25) is 4.79 Å². The summed E-state index contributed by atoms with van der Waals surface area (Å²) in [6.07, 6.45) is 9.49. The average Bonchev–Trinajstić information content (AvgIpc) is 2.66. The molecule has 6 rings (SSSR count). The summed E-state index contributed by atoms with van der Waals surface area (Å²) >= 11 is 0. The summed E-state index contributed by atoms with van der Waals surface area (Å²) in [5, 5.41) is 6.58. The van der Waals surface area contributed by atoms with Crippen LogP contribution in [0.4, 0.5) is 4.79 Å². The molecule has 4 bridgehead atoms. The molecule has 150 valence electrons. The van der Waals surface area contributed by atoms with E-state index in [0.29, 0.717) is 6.54 Å². The molecule has 28 heavy (non-hydrogen) atoms. The molecule has 1 aliphatic heterocycles. The van der Waals surface area contributed by atoms with Gasteiger partial charge >= 0.3 is 6.03 Å². The van der Waals surface area contributed by atoms with Crippen molar-refractivity contribution in [1.82, 2.24) is 15.5 Å². The number of hydrogen-bond donors (Lipinski definition) is 2. The maximum atomic E-state index is 12.8. The first-order valence-corrected chi connectivity index (χ1v) is 11.0. The van der Waals surface area contributed by atoms with Crippen molar-refractivity contribution in [2.24, 2.45) is 17.8 Å². The van der Waals surface area contributed by atoms with Gasteiger partial charge in [0, 0.05) is 30.2 Å².